The highest BCUT2D eigenvalue weighted by Gasteiger charge is 2.34. The molecule has 0 spiro atoms. The minimum absolute atomic E-state index is 0.0155. The van der Waals surface area contributed by atoms with Crippen molar-refractivity contribution in [2.24, 2.45) is 5.92 Å². The number of carbonyl (C=O) groups excluding carboxylic acids is 2. The van der Waals surface area contributed by atoms with Gasteiger partial charge in [-0.15, -0.1) is 0 Å². The molecule has 20 heavy (non-hydrogen) atoms. The molecule has 5 heteroatoms. The van der Waals surface area contributed by atoms with Gasteiger partial charge in [0, 0.05) is 13.0 Å². The molecule has 2 saturated carbocycles. The SMILES string of the molecule is O=C(CNC(=O)CC1CCCCC1)NCC1(O)CCC1. The first kappa shape index (κ1) is 15.3. The van der Waals surface area contributed by atoms with Crippen molar-refractivity contribution >= 4 is 11.8 Å². The number of hydrogen-bond donors (Lipinski definition) is 3. The third kappa shape index (κ3) is 4.78. The van der Waals surface area contributed by atoms with E-state index in [1.54, 1.807) is 0 Å². The van der Waals surface area contributed by atoms with Crippen LogP contribution in [0.2, 0.25) is 0 Å². The van der Waals surface area contributed by atoms with Crippen molar-refractivity contribution in [1.29, 1.82) is 0 Å². The Kier molecular flexibility index (Phi) is 5.40. The molecule has 2 aliphatic carbocycles. The number of rotatable bonds is 6. The van der Waals surface area contributed by atoms with Crippen molar-refractivity contribution < 1.29 is 14.7 Å². The molecule has 5 nitrogen and oxygen atoms in total. The van der Waals surface area contributed by atoms with Gasteiger partial charge in [-0.3, -0.25) is 9.59 Å². The van der Waals surface area contributed by atoms with Gasteiger partial charge in [0.25, 0.3) is 0 Å². The molecule has 0 aromatic carbocycles. The van der Waals surface area contributed by atoms with Crippen molar-refractivity contribution in [3.05, 3.63) is 0 Å². The van der Waals surface area contributed by atoms with E-state index in [9.17, 15) is 14.7 Å². The lowest BCUT2D eigenvalue weighted by Crippen LogP contribution is -2.49. The molecule has 0 heterocycles. The minimum atomic E-state index is -0.707. The highest BCUT2D eigenvalue weighted by Crippen LogP contribution is 2.30. The van der Waals surface area contributed by atoms with Crippen molar-refractivity contribution in [3.63, 3.8) is 0 Å². The van der Waals surface area contributed by atoms with Gasteiger partial charge in [0.2, 0.25) is 11.8 Å². The van der Waals surface area contributed by atoms with Crippen LogP contribution in [0, 0.1) is 5.92 Å². The van der Waals surface area contributed by atoms with E-state index in [0.29, 0.717) is 18.9 Å². The summed E-state index contributed by atoms with van der Waals surface area (Å²) in [5.41, 5.74) is -0.707. The summed E-state index contributed by atoms with van der Waals surface area (Å²) in [4.78, 5) is 23.3. The second-order valence-corrected chi connectivity index (χ2v) is 6.34. The van der Waals surface area contributed by atoms with Crippen LogP contribution in [0.5, 0.6) is 0 Å². The van der Waals surface area contributed by atoms with Gasteiger partial charge in [-0.05, 0) is 38.0 Å². The Balaban J connectivity index is 1.56. The zero-order chi connectivity index (χ0) is 14.4. The molecule has 0 saturated heterocycles. The molecular formula is C15H26N2O3. The van der Waals surface area contributed by atoms with E-state index in [1.807, 2.05) is 0 Å². The third-order valence-corrected chi connectivity index (χ3v) is 4.54. The van der Waals surface area contributed by atoms with Gasteiger partial charge in [-0.1, -0.05) is 19.3 Å². The van der Waals surface area contributed by atoms with E-state index in [2.05, 4.69) is 10.6 Å². The van der Waals surface area contributed by atoms with Crippen LogP contribution in [0.25, 0.3) is 0 Å². The van der Waals surface area contributed by atoms with Crippen LogP contribution in [0.15, 0.2) is 0 Å². The maximum absolute atomic E-state index is 11.7. The molecule has 0 unspecified atom stereocenters. The van der Waals surface area contributed by atoms with E-state index in [0.717, 1.165) is 32.1 Å². The predicted molar refractivity (Wildman–Crippen MR) is 76.0 cm³/mol. The van der Waals surface area contributed by atoms with Gasteiger partial charge in [0.1, 0.15) is 0 Å². The molecule has 114 valence electrons. The maximum Gasteiger partial charge on any atom is 0.239 e. The molecule has 2 fully saturated rings. The summed E-state index contributed by atoms with van der Waals surface area (Å²) in [5.74, 6) is 0.235. The summed E-state index contributed by atoms with van der Waals surface area (Å²) in [6, 6.07) is 0. The molecule has 0 aromatic heterocycles. The summed E-state index contributed by atoms with van der Waals surface area (Å²) >= 11 is 0. The fourth-order valence-electron chi connectivity index (χ4n) is 2.99. The number of hydrogen-bond acceptors (Lipinski definition) is 3. The van der Waals surface area contributed by atoms with Gasteiger partial charge in [-0.25, -0.2) is 0 Å². The van der Waals surface area contributed by atoms with Gasteiger partial charge in [0.05, 0.1) is 12.1 Å². The molecule has 3 N–H and O–H groups in total. The molecular weight excluding hydrogens is 256 g/mol. The average Bonchev–Trinajstić information content (AvgIpc) is 2.42. The molecule has 0 atom stereocenters. The lowest BCUT2D eigenvalue weighted by Gasteiger charge is -2.36. The van der Waals surface area contributed by atoms with Gasteiger partial charge < -0.3 is 15.7 Å². The van der Waals surface area contributed by atoms with Crippen LogP contribution in [0.1, 0.15) is 57.8 Å². The second kappa shape index (κ2) is 7.07. The number of nitrogens with one attached hydrogen (secondary N) is 2. The summed E-state index contributed by atoms with van der Waals surface area (Å²) in [7, 11) is 0. The molecule has 2 rings (SSSR count). The zero-order valence-electron chi connectivity index (χ0n) is 12.1. The largest absolute Gasteiger partial charge is 0.388 e. The summed E-state index contributed by atoms with van der Waals surface area (Å²) < 4.78 is 0. The van der Waals surface area contributed by atoms with E-state index >= 15 is 0 Å². The molecule has 2 aliphatic rings. The van der Waals surface area contributed by atoms with Gasteiger partial charge in [-0.2, -0.15) is 0 Å². The van der Waals surface area contributed by atoms with Crippen molar-refractivity contribution in [3.8, 4) is 0 Å². The predicted octanol–water partition coefficient (Wildman–Crippen LogP) is 1.10. The lowest BCUT2D eigenvalue weighted by atomic mass is 9.80. The maximum atomic E-state index is 11.7. The summed E-state index contributed by atoms with van der Waals surface area (Å²) in [6.07, 6.45) is 9.04. The second-order valence-electron chi connectivity index (χ2n) is 6.34. The Morgan fingerprint density at radius 1 is 1.00 bits per heavy atom. The number of amides is 2. The van der Waals surface area contributed by atoms with Crippen LogP contribution in [0.4, 0.5) is 0 Å². The van der Waals surface area contributed by atoms with Crippen molar-refractivity contribution in [1.82, 2.24) is 10.6 Å². The van der Waals surface area contributed by atoms with E-state index in [4.69, 9.17) is 0 Å². The smallest absolute Gasteiger partial charge is 0.239 e. The van der Waals surface area contributed by atoms with E-state index in [1.165, 1.54) is 19.3 Å². The molecule has 2 amide bonds. The fourth-order valence-corrected chi connectivity index (χ4v) is 2.99. The Morgan fingerprint density at radius 2 is 1.70 bits per heavy atom. The summed E-state index contributed by atoms with van der Waals surface area (Å²) in [6.45, 7) is 0.311. The van der Waals surface area contributed by atoms with E-state index in [-0.39, 0.29) is 18.4 Å². The topological polar surface area (TPSA) is 78.4 Å². The van der Waals surface area contributed by atoms with Crippen molar-refractivity contribution in [2.75, 3.05) is 13.1 Å². The highest BCUT2D eigenvalue weighted by molar-refractivity contribution is 5.84. The van der Waals surface area contributed by atoms with Crippen LogP contribution < -0.4 is 10.6 Å². The first-order valence-electron chi connectivity index (χ1n) is 7.83. The zero-order valence-corrected chi connectivity index (χ0v) is 12.1. The number of aliphatic hydroxyl groups is 1. The molecule has 0 bridgehead atoms. The van der Waals surface area contributed by atoms with Gasteiger partial charge >= 0.3 is 0 Å². The molecule has 0 aliphatic heterocycles. The Morgan fingerprint density at radius 3 is 2.30 bits per heavy atom. The molecule has 0 aromatic rings. The highest BCUT2D eigenvalue weighted by atomic mass is 16.3. The van der Waals surface area contributed by atoms with E-state index < -0.39 is 5.60 Å². The van der Waals surface area contributed by atoms with Crippen LogP contribution >= 0.6 is 0 Å². The first-order chi connectivity index (χ1) is 9.57. The molecule has 0 radical (unpaired) electrons. The van der Waals surface area contributed by atoms with Crippen LogP contribution in [-0.2, 0) is 9.59 Å². The third-order valence-electron chi connectivity index (χ3n) is 4.54. The lowest BCUT2D eigenvalue weighted by molar-refractivity contribution is -0.127. The monoisotopic (exact) mass is 282 g/mol. The summed E-state index contributed by atoms with van der Waals surface area (Å²) in [5, 5.41) is 15.2. The van der Waals surface area contributed by atoms with Crippen LogP contribution in [-0.4, -0.2) is 35.6 Å². The normalized spacial score (nSPS) is 21.9. The van der Waals surface area contributed by atoms with Crippen molar-refractivity contribution in [2.45, 2.75) is 63.4 Å². The average molecular weight is 282 g/mol. The van der Waals surface area contributed by atoms with Crippen LogP contribution in [0.3, 0.4) is 0 Å². The minimum Gasteiger partial charge on any atom is -0.388 e. The Bertz CT molecular complexity index is 347. The Hall–Kier alpha value is -1.10. The van der Waals surface area contributed by atoms with Gasteiger partial charge in [0.15, 0.2) is 0 Å². The quantitative estimate of drug-likeness (QED) is 0.683. The fraction of sp³-hybridized carbons (Fsp3) is 0.867. The first-order valence-corrected chi connectivity index (χ1v) is 7.83. The Labute approximate surface area is 120 Å². The number of carbonyl (C=O) groups is 2. The standard InChI is InChI=1S/C15H26N2O3/c18-13(9-12-5-2-1-3-6-12)16-10-14(19)17-11-15(20)7-4-8-15/h12,20H,1-11H2,(H,16,18)(H,17,19).